The molecule has 12 heteroatoms. The van der Waals surface area contributed by atoms with Crippen molar-refractivity contribution >= 4 is 24.4 Å². The lowest BCUT2D eigenvalue weighted by atomic mass is 9.87. The molecule has 0 amide bonds. The van der Waals surface area contributed by atoms with Crippen molar-refractivity contribution in [1.29, 1.82) is 0 Å². The number of carboxylic acids is 1. The number of carboxylic acid groups (broad SMARTS) is 1. The van der Waals surface area contributed by atoms with Crippen molar-refractivity contribution in [2.24, 2.45) is 5.73 Å². The van der Waals surface area contributed by atoms with E-state index in [1.807, 2.05) is 13.8 Å². The summed E-state index contributed by atoms with van der Waals surface area (Å²) < 4.78 is 30.2. The Balaban J connectivity index is 3.22. The van der Waals surface area contributed by atoms with Crippen molar-refractivity contribution in [3.63, 3.8) is 0 Å². The largest absolute Gasteiger partial charge is 0.513 e. The van der Waals surface area contributed by atoms with Gasteiger partial charge in [-0.25, -0.2) is 14.4 Å². The van der Waals surface area contributed by atoms with Gasteiger partial charge in [0.15, 0.2) is 11.5 Å². The van der Waals surface area contributed by atoms with Gasteiger partial charge in [-0.2, -0.15) is 0 Å². The maximum atomic E-state index is 12.3. The quantitative estimate of drug-likeness (QED) is 0.122. The average Bonchev–Trinajstić information content (AvgIpc) is 2.88. The van der Waals surface area contributed by atoms with Crippen molar-refractivity contribution in [3.8, 4) is 11.5 Å². The van der Waals surface area contributed by atoms with Crippen LogP contribution < -0.4 is 15.2 Å². The maximum absolute atomic E-state index is 12.3. The molecule has 0 aromatic heterocycles. The van der Waals surface area contributed by atoms with Crippen LogP contribution in [0.25, 0.3) is 0 Å². The molecule has 3 N–H and O–H groups in total. The van der Waals surface area contributed by atoms with Crippen molar-refractivity contribution < 1.29 is 52.7 Å². The topological polar surface area (TPSA) is 170 Å². The van der Waals surface area contributed by atoms with E-state index in [1.54, 1.807) is 6.92 Å². The summed E-state index contributed by atoms with van der Waals surface area (Å²) in [6, 6.07) is 2.72. The number of methoxy groups -OCH3 is 1. The van der Waals surface area contributed by atoms with Crippen LogP contribution in [0.5, 0.6) is 11.5 Å². The van der Waals surface area contributed by atoms with E-state index >= 15 is 0 Å². The Morgan fingerprint density at radius 3 is 1.92 bits per heavy atom. The van der Waals surface area contributed by atoms with Crippen LogP contribution in [0.1, 0.15) is 77.2 Å². The molecule has 1 aromatic rings. The molecule has 3 atom stereocenters. The Hall–Kier alpha value is -3.54. The lowest BCUT2D eigenvalue weighted by Crippen LogP contribution is -2.38. The number of benzene rings is 1. The molecule has 2 unspecified atom stereocenters. The van der Waals surface area contributed by atoms with Gasteiger partial charge in [0.2, 0.25) is 0 Å². The van der Waals surface area contributed by atoms with Crippen LogP contribution in [-0.2, 0) is 23.7 Å². The van der Waals surface area contributed by atoms with E-state index in [2.05, 4.69) is 4.74 Å². The highest BCUT2D eigenvalue weighted by Gasteiger charge is 2.30. The molecule has 12 nitrogen and oxygen atoms in total. The molecule has 0 saturated carbocycles. The van der Waals surface area contributed by atoms with Gasteiger partial charge < -0.3 is 39.3 Å². The minimum absolute atomic E-state index is 0.00312. The zero-order valence-electron chi connectivity index (χ0n) is 22.4. The van der Waals surface area contributed by atoms with Crippen molar-refractivity contribution in [2.45, 2.75) is 83.8 Å². The summed E-state index contributed by atoms with van der Waals surface area (Å²) >= 11 is 0. The van der Waals surface area contributed by atoms with E-state index in [1.165, 1.54) is 18.2 Å². The predicted molar refractivity (Wildman–Crippen MR) is 135 cm³/mol. The van der Waals surface area contributed by atoms with E-state index < -0.39 is 42.5 Å². The van der Waals surface area contributed by atoms with Crippen LogP contribution in [-0.4, -0.2) is 62.0 Å². The fraction of sp³-hybridized carbons (Fsp3) is 0.615. The number of carbonyl (C=O) groups is 4. The van der Waals surface area contributed by atoms with Crippen LogP contribution >= 0.6 is 0 Å². The zero-order valence-corrected chi connectivity index (χ0v) is 22.4. The molecule has 0 bridgehead atoms. The Kier molecular flexibility index (Phi) is 15.2. The molecule has 1 aromatic carbocycles. The summed E-state index contributed by atoms with van der Waals surface area (Å²) in [4.78, 5) is 47.7. The summed E-state index contributed by atoms with van der Waals surface area (Å²) in [5.41, 5.74) is 6.27. The van der Waals surface area contributed by atoms with Gasteiger partial charge in [0.1, 0.15) is 12.1 Å². The van der Waals surface area contributed by atoms with Gasteiger partial charge in [0.05, 0.1) is 20.3 Å². The molecule has 38 heavy (non-hydrogen) atoms. The number of carbonyl (C=O) groups excluding carboxylic acids is 3. The number of nitrogens with two attached hydrogens (primary N) is 1. The lowest BCUT2D eigenvalue weighted by molar-refractivity contribution is -0.139. The van der Waals surface area contributed by atoms with Gasteiger partial charge in [0.25, 0.3) is 0 Å². The second-order valence-electron chi connectivity index (χ2n) is 8.61. The van der Waals surface area contributed by atoms with Crippen molar-refractivity contribution in [2.75, 3.05) is 20.3 Å². The summed E-state index contributed by atoms with van der Waals surface area (Å²) in [7, 11) is 1.15. The number of rotatable bonds is 16. The molecule has 0 saturated heterocycles. The second kappa shape index (κ2) is 17.8. The smallest absolute Gasteiger partial charge is 0.480 e. The fourth-order valence-corrected chi connectivity index (χ4v) is 3.45. The number of unbranched alkanes of at least 4 members (excludes halogenated alkanes) is 4. The van der Waals surface area contributed by atoms with Gasteiger partial charge in [-0.1, -0.05) is 45.6 Å². The first-order valence-corrected chi connectivity index (χ1v) is 12.7. The fourth-order valence-electron chi connectivity index (χ4n) is 3.45. The van der Waals surface area contributed by atoms with Gasteiger partial charge in [-0.05, 0) is 43.9 Å². The Labute approximate surface area is 222 Å². The van der Waals surface area contributed by atoms with Crippen molar-refractivity contribution in [1.82, 2.24) is 0 Å². The normalized spacial score (nSPS) is 13.0. The van der Waals surface area contributed by atoms with Gasteiger partial charge >= 0.3 is 24.4 Å². The van der Waals surface area contributed by atoms with Crippen LogP contribution in [0.3, 0.4) is 0 Å². The highest BCUT2D eigenvalue weighted by Crippen LogP contribution is 2.35. The number of hydrogen-bond acceptors (Lipinski definition) is 11. The van der Waals surface area contributed by atoms with Crippen LogP contribution in [0.15, 0.2) is 18.2 Å². The minimum atomic E-state index is -1.40. The molecule has 0 aliphatic carbocycles. The van der Waals surface area contributed by atoms with E-state index in [0.29, 0.717) is 18.4 Å². The third-order valence-corrected chi connectivity index (χ3v) is 5.49. The summed E-state index contributed by atoms with van der Waals surface area (Å²) in [6.07, 6.45) is 1.22. The second-order valence-corrected chi connectivity index (χ2v) is 8.61. The first-order valence-electron chi connectivity index (χ1n) is 12.7. The minimum Gasteiger partial charge on any atom is -0.480 e. The molecule has 0 heterocycles. The highest BCUT2D eigenvalue weighted by molar-refractivity contribution is 5.75. The standard InChI is InChI=1S/C26H39NO11/c1-5-7-9-13-34-25(31)37-20-12-11-18(16-21(20)38-26(32)35-14-10-8-6-2)19(22(27)23(28)29)15-17(3)36-24(30)33-4/h11-12,16-17,19,22H,5-10,13-15,27H2,1-4H3,(H,28,29)/t17?,19?,22-/m0/s1. The first-order chi connectivity index (χ1) is 18.1. The number of hydrogen-bond donors (Lipinski definition) is 2. The Morgan fingerprint density at radius 1 is 0.868 bits per heavy atom. The molecule has 0 aliphatic heterocycles. The van der Waals surface area contributed by atoms with Gasteiger partial charge in [0, 0.05) is 5.92 Å². The first kappa shape index (κ1) is 32.5. The highest BCUT2D eigenvalue weighted by atomic mass is 16.7. The van der Waals surface area contributed by atoms with Gasteiger partial charge in [-0.15, -0.1) is 0 Å². The van der Waals surface area contributed by atoms with Crippen LogP contribution in [0.2, 0.25) is 0 Å². The molecule has 214 valence electrons. The van der Waals surface area contributed by atoms with Crippen molar-refractivity contribution in [3.05, 3.63) is 23.8 Å². The maximum Gasteiger partial charge on any atom is 0.513 e. The van der Waals surface area contributed by atoms with E-state index in [-0.39, 0.29) is 31.1 Å². The molecule has 0 fully saturated rings. The zero-order chi connectivity index (χ0) is 28.5. The lowest BCUT2D eigenvalue weighted by Gasteiger charge is -2.25. The number of aliphatic carboxylic acids is 1. The third kappa shape index (κ3) is 12.1. The van der Waals surface area contributed by atoms with Gasteiger partial charge in [-0.3, -0.25) is 4.79 Å². The molecular formula is C26H39NO11. The Bertz CT molecular complexity index is 905. The predicted octanol–water partition coefficient (Wildman–Crippen LogP) is 5.15. The van der Waals surface area contributed by atoms with E-state index in [9.17, 15) is 24.3 Å². The van der Waals surface area contributed by atoms with E-state index in [0.717, 1.165) is 32.8 Å². The Morgan fingerprint density at radius 2 is 1.42 bits per heavy atom. The summed E-state index contributed by atoms with van der Waals surface area (Å²) in [5.74, 6) is -2.52. The molecule has 0 spiro atoms. The monoisotopic (exact) mass is 541 g/mol. The summed E-state index contributed by atoms with van der Waals surface area (Å²) in [5, 5.41) is 9.56. The summed E-state index contributed by atoms with van der Waals surface area (Å²) in [6.45, 7) is 5.86. The molecule has 0 aliphatic rings. The SMILES string of the molecule is CCCCCOC(=O)Oc1ccc(C(CC(C)OC(=O)OC)[C@H](N)C(=O)O)cc1OC(=O)OCCCCC. The average molecular weight is 542 g/mol. The van der Waals surface area contributed by atoms with E-state index in [4.69, 9.17) is 29.4 Å². The molecular weight excluding hydrogens is 502 g/mol. The number of ether oxygens (including phenoxy) is 6. The molecule has 1 rings (SSSR count). The van der Waals surface area contributed by atoms with Crippen LogP contribution in [0, 0.1) is 0 Å². The molecule has 0 radical (unpaired) electrons. The third-order valence-electron chi connectivity index (χ3n) is 5.49. The van der Waals surface area contributed by atoms with Crippen LogP contribution in [0.4, 0.5) is 14.4 Å².